The molecule has 198 valence electrons. The van der Waals surface area contributed by atoms with Crippen molar-refractivity contribution in [2.45, 2.75) is 64.1 Å². The molecule has 0 atom stereocenters. The van der Waals surface area contributed by atoms with Gasteiger partial charge in [0, 0.05) is 43.4 Å². The van der Waals surface area contributed by atoms with Crippen LogP contribution in [0.4, 0.5) is 13.2 Å². The second kappa shape index (κ2) is 11.9. The lowest BCUT2D eigenvalue weighted by molar-refractivity contribution is -0.154. The molecule has 0 radical (unpaired) electrons. The molecule has 2 aliphatic rings. The molecular formula is C25H33F3N4O4. The Morgan fingerprint density at radius 3 is 2.64 bits per heavy atom. The monoisotopic (exact) mass is 510 g/mol. The third-order valence-electron chi connectivity index (χ3n) is 6.81. The van der Waals surface area contributed by atoms with Gasteiger partial charge in [-0.2, -0.15) is 13.2 Å². The maximum absolute atomic E-state index is 12.4. The average molecular weight is 511 g/mol. The Morgan fingerprint density at radius 2 is 1.92 bits per heavy atom. The number of carbonyl (C=O) groups excluding carboxylic acids is 1. The van der Waals surface area contributed by atoms with Crippen molar-refractivity contribution in [1.29, 1.82) is 0 Å². The second-order valence-electron chi connectivity index (χ2n) is 9.64. The van der Waals surface area contributed by atoms with Crippen LogP contribution >= 0.6 is 0 Å². The van der Waals surface area contributed by atoms with Crippen molar-refractivity contribution in [3.63, 3.8) is 0 Å². The van der Waals surface area contributed by atoms with E-state index in [9.17, 15) is 18.0 Å². The van der Waals surface area contributed by atoms with Gasteiger partial charge in [0.15, 0.2) is 13.2 Å². The van der Waals surface area contributed by atoms with Crippen LogP contribution in [0.25, 0.3) is 0 Å². The second-order valence-corrected chi connectivity index (χ2v) is 9.64. The standard InChI is InChI=1S/C25H33F3N4O4/c1-17-14-24(31-36-17)34-15-22(33)29-20-5-2-18(3-6-20)8-11-32-12-9-19-4-7-23(30-21(19)10-13-32)35-16-25(26,27)28/h4,7,14,18,20H,2-3,5-6,8-13,15-16H2,1H3,(H,29,33)/t18-,20-. The van der Waals surface area contributed by atoms with Gasteiger partial charge in [0.25, 0.3) is 11.8 Å². The van der Waals surface area contributed by atoms with Gasteiger partial charge in [-0.05, 0) is 68.6 Å². The lowest BCUT2D eigenvalue weighted by Gasteiger charge is -2.30. The minimum absolute atomic E-state index is 0.0307. The average Bonchev–Trinajstić information content (AvgIpc) is 3.15. The molecular weight excluding hydrogens is 477 g/mol. The van der Waals surface area contributed by atoms with Crippen LogP contribution in [0.15, 0.2) is 22.7 Å². The van der Waals surface area contributed by atoms with Gasteiger partial charge in [-0.25, -0.2) is 4.98 Å². The first-order valence-corrected chi connectivity index (χ1v) is 12.5. The molecule has 0 saturated heterocycles. The summed E-state index contributed by atoms with van der Waals surface area (Å²) in [5.74, 6) is 1.45. The number of nitrogens with zero attached hydrogens (tertiary/aromatic N) is 3. The molecule has 0 aromatic carbocycles. The van der Waals surface area contributed by atoms with E-state index in [0.717, 1.165) is 69.4 Å². The highest BCUT2D eigenvalue weighted by atomic mass is 19.4. The molecule has 1 fully saturated rings. The quantitative estimate of drug-likeness (QED) is 0.548. The first-order chi connectivity index (χ1) is 17.2. The summed E-state index contributed by atoms with van der Waals surface area (Å²) in [6.45, 7) is 3.09. The van der Waals surface area contributed by atoms with Crippen LogP contribution in [0.5, 0.6) is 11.8 Å². The first-order valence-electron chi connectivity index (χ1n) is 12.5. The summed E-state index contributed by atoms with van der Waals surface area (Å²) in [4.78, 5) is 18.9. The van der Waals surface area contributed by atoms with Crippen molar-refractivity contribution in [3.05, 3.63) is 35.2 Å². The fourth-order valence-corrected chi connectivity index (χ4v) is 4.85. The molecule has 0 spiro atoms. The van der Waals surface area contributed by atoms with Crippen LogP contribution in [-0.4, -0.2) is 66.0 Å². The predicted molar refractivity (Wildman–Crippen MR) is 125 cm³/mol. The van der Waals surface area contributed by atoms with Crippen molar-refractivity contribution in [2.75, 3.05) is 32.8 Å². The topological polar surface area (TPSA) is 89.7 Å². The molecule has 1 aliphatic carbocycles. The fourth-order valence-electron chi connectivity index (χ4n) is 4.85. The van der Waals surface area contributed by atoms with E-state index in [1.165, 1.54) is 6.07 Å². The van der Waals surface area contributed by atoms with Crippen molar-refractivity contribution < 1.29 is 32.0 Å². The number of carbonyl (C=O) groups is 1. The van der Waals surface area contributed by atoms with Crippen LogP contribution in [0.3, 0.4) is 0 Å². The summed E-state index contributed by atoms with van der Waals surface area (Å²) in [5, 5.41) is 6.76. The number of hydrogen-bond donors (Lipinski definition) is 1. The van der Waals surface area contributed by atoms with E-state index in [4.69, 9.17) is 14.0 Å². The Bertz CT molecular complexity index is 1010. The van der Waals surface area contributed by atoms with Crippen molar-refractivity contribution in [1.82, 2.24) is 20.4 Å². The number of nitrogens with one attached hydrogen (secondary N) is 1. The van der Waals surface area contributed by atoms with Gasteiger partial charge in [-0.15, -0.1) is 0 Å². The lowest BCUT2D eigenvalue weighted by atomic mass is 9.84. The number of pyridine rings is 1. The molecule has 0 unspecified atom stereocenters. The number of amides is 1. The van der Waals surface area contributed by atoms with E-state index in [0.29, 0.717) is 24.0 Å². The number of halogens is 3. The molecule has 3 heterocycles. The van der Waals surface area contributed by atoms with Gasteiger partial charge >= 0.3 is 6.18 Å². The Hall–Kier alpha value is -2.82. The van der Waals surface area contributed by atoms with Gasteiger partial charge in [-0.3, -0.25) is 4.79 Å². The van der Waals surface area contributed by atoms with E-state index in [1.807, 2.05) is 6.07 Å². The van der Waals surface area contributed by atoms with Crippen LogP contribution in [0, 0.1) is 12.8 Å². The Balaban J connectivity index is 1.13. The molecule has 36 heavy (non-hydrogen) atoms. The zero-order valence-corrected chi connectivity index (χ0v) is 20.5. The highest BCUT2D eigenvalue weighted by Gasteiger charge is 2.29. The molecule has 8 nitrogen and oxygen atoms in total. The summed E-state index contributed by atoms with van der Waals surface area (Å²) < 4.78 is 52.3. The van der Waals surface area contributed by atoms with Crippen LogP contribution < -0.4 is 14.8 Å². The zero-order chi connectivity index (χ0) is 25.5. The normalized spacial score (nSPS) is 20.9. The predicted octanol–water partition coefficient (Wildman–Crippen LogP) is 3.86. The van der Waals surface area contributed by atoms with Crippen LogP contribution in [-0.2, 0) is 17.6 Å². The van der Waals surface area contributed by atoms with E-state index in [1.54, 1.807) is 13.0 Å². The Kier molecular flexibility index (Phi) is 8.71. The molecule has 1 amide bonds. The molecule has 1 aliphatic heterocycles. The van der Waals surface area contributed by atoms with Crippen molar-refractivity contribution in [3.8, 4) is 11.8 Å². The number of alkyl halides is 3. The SMILES string of the molecule is Cc1cc(OCC(=O)N[C@H]2CC[C@H](CCN3CCc4ccc(OCC(F)(F)F)nc4CC3)CC2)no1. The number of rotatable bonds is 9. The van der Waals surface area contributed by atoms with E-state index in [2.05, 4.69) is 20.4 Å². The minimum Gasteiger partial charge on any atom is -0.468 e. The van der Waals surface area contributed by atoms with E-state index >= 15 is 0 Å². The third-order valence-corrected chi connectivity index (χ3v) is 6.81. The van der Waals surface area contributed by atoms with E-state index in [-0.39, 0.29) is 24.4 Å². The summed E-state index contributed by atoms with van der Waals surface area (Å²) in [6, 6.07) is 5.18. The number of aromatic nitrogens is 2. The highest BCUT2D eigenvalue weighted by molar-refractivity contribution is 5.77. The minimum atomic E-state index is -4.37. The van der Waals surface area contributed by atoms with Crippen molar-refractivity contribution >= 4 is 5.91 Å². The number of hydrogen-bond acceptors (Lipinski definition) is 7. The summed E-state index contributed by atoms with van der Waals surface area (Å²) in [7, 11) is 0. The Morgan fingerprint density at radius 1 is 1.14 bits per heavy atom. The van der Waals surface area contributed by atoms with Gasteiger partial charge in [0.1, 0.15) is 5.76 Å². The zero-order valence-electron chi connectivity index (χ0n) is 20.5. The van der Waals surface area contributed by atoms with Gasteiger partial charge in [0.2, 0.25) is 5.88 Å². The first kappa shape index (κ1) is 26.2. The summed E-state index contributed by atoms with van der Waals surface area (Å²) in [6.07, 6.45) is 2.31. The largest absolute Gasteiger partial charge is 0.468 e. The van der Waals surface area contributed by atoms with E-state index < -0.39 is 12.8 Å². The highest BCUT2D eigenvalue weighted by Crippen LogP contribution is 2.28. The molecule has 2 aromatic rings. The molecule has 1 N–H and O–H groups in total. The number of ether oxygens (including phenoxy) is 2. The summed E-state index contributed by atoms with van der Waals surface area (Å²) in [5.41, 5.74) is 1.91. The van der Waals surface area contributed by atoms with Crippen LogP contribution in [0.1, 0.15) is 49.1 Å². The molecule has 11 heteroatoms. The number of aryl methyl sites for hydroxylation is 1. The summed E-state index contributed by atoms with van der Waals surface area (Å²) >= 11 is 0. The van der Waals surface area contributed by atoms with Gasteiger partial charge in [-0.1, -0.05) is 6.07 Å². The smallest absolute Gasteiger partial charge is 0.422 e. The van der Waals surface area contributed by atoms with Gasteiger partial charge < -0.3 is 24.2 Å². The Labute approximate surface area is 208 Å². The van der Waals surface area contributed by atoms with Crippen LogP contribution in [0.2, 0.25) is 0 Å². The molecule has 2 aromatic heterocycles. The lowest BCUT2D eigenvalue weighted by Crippen LogP contribution is -2.40. The number of fused-ring (bicyclic) bond motifs is 1. The third kappa shape index (κ3) is 8.11. The molecule has 4 rings (SSSR count). The van der Waals surface area contributed by atoms with Crippen molar-refractivity contribution in [2.24, 2.45) is 5.92 Å². The maximum Gasteiger partial charge on any atom is 0.422 e. The maximum atomic E-state index is 12.4. The van der Waals surface area contributed by atoms with Gasteiger partial charge in [0.05, 0.1) is 0 Å². The molecule has 0 bridgehead atoms. The molecule has 1 saturated carbocycles. The fraction of sp³-hybridized carbons (Fsp3) is 0.640.